The van der Waals surface area contributed by atoms with Crippen LogP contribution in [0.25, 0.3) is 11.0 Å². The quantitative estimate of drug-likeness (QED) is 0.281. The van der Waals surface area contributed by atoms with Crippen LogP contribution in [0, 0.1) is 17.0 Å². The van der Waals surface area contributed by atoms with E-state index >= 15 is 0 Å². The minimum absolute atomic E-state index is 0.0698. The Bertz CT molecular complexity index is 1180. The van der Waals surface area contributed by atoms with Crippen LogP contribution in [0.5, 0.6) is 11.5 Å². The van der Waals surface area contributed by atoms with E-state index in [4.69, 9.17) is 9.15 Å². The van der Waals surface area contributed by atoms with Crippen LogP contribution in [0.1, 0.15) is 11.1 Å². The first-order valence-corrected chi connectivity index (χ1v) is 8.30. The molecular formula is C19H15N3O7. The number of fused-ring (bicyclic) bond motifs is 1. The maximum absolute atomic E-state index is 11.8. The number of benzene rings is 2. The number of hydrogen-bond donors (Lipinski definition) is 2. The van der Waals surface area contributed by atoms with Crippen LogP contribution >= 0.6 is 0 Å². The Labute approximate surface area is 163 Å². The molecule has 0 saturated carbocycles. The maximum Gasteiger partial charge on any atom is 0.336 e. The van der Waals surface area contributed by atoms with E-state index < -0.39 is 16.5 Å². The lowest BCUT2D eigenvalue weighted by Crippen LogP contribution is -2.24. The summed E-state index contributed by atoms with van der Waals surface area (Å²) in [6.45, 7) is 1.41. The highest BCUT2D eigenvalue weighted by Crippen LogP contribution is 2.22. The molecule has 1 aromatic heterocycles. The fourth-order valence-electron chi connectivity index (χ4n) is 2.51. The summed E-state index contributed by atoms with van der Waals surface area (Å²) < 4.78 is 10.5. The normalized spacial score (nSPS) is 10.9. The first-order valence-electron chi connectivity index (χ1n) is 8.30. The van der Waals surface area contributed by atoms with Gasteiger partial charge in [0.05, 0.1) is 11.1 Å². The van der Waals surface area contributed by atoms with E-state index in [0.29, 0.717) is 11.3 Å². The average Bonchev–Trinajstić information content (AvgIpc) is 2.67. The topological polar surface area (TPSA) is 144 Å². The van der Waals surface area contributed by atoms with Crippen LogP contribution in [-0.4, -0.2) is 28.8 Å². The van der Waals surface area contributed by atoms with Crippen molar-refractivity contribution in [2.75, 3.05) is 6.61 Å². The number of carbonyl (C=O) groups excluding carboxylic acids is 1. The molecule has 0 aliphatic carbocycles. The van der Waals surface area contributed by atoms with Crippen LogP contribution in [-0.2, 0) is 4.79 Å². The number of amides is 1. The van der Waals surface area contributed by atoms with Crippen molar-refractivity contribution in [3.8, 4) is 11.5 Å². The van der Waals surface area contributed by atoms with Crippen molar-refractivity contribution in [1.29, 1.82) is 0 Å². The zero-order chi connectivity index (χ0) is 21.0. The first kappa shape index (κ1) is 19.5. The SMILES string of the molecule is Cc1cc(=O)oc2cc(OCC(=O)N/N=C/c3cc([N+](=O)[O-])ccc3O)ccc12. The molecule has 10 nitrogen and oxygen atoms in total. The predicted molar refractivity (Wildman–Crippen MR) is 103 cm³/mol. The molecule has 0 radical (unpaired) electrons. The van der Waals surface area contributed by atoms with Gasteiger partial charge in [0.15, 0.2) is 6.61 Å². The lowest BCUT2D eigenvalue weighted by molar-refractivity contribution is -0.384. The van der Waals surface area contributed by atoms with Gasteiger partial charge in [-0.15, -0.1) is 0 Å². The molecule has 0 atom stereocenters. The number of aryl methyl sites for hydroxylation is 1. The molecule has 2 N–H and O–H groups in total. The Hall–Kier alpha value is -4.21. The van der Waals surface area contributed by atoms with Crippen LogP contribution < -0.4 is 15.8 Å². The molecular weight excluding hydrogens is 382 g/mol. The maximum atomic E-state index is 11.8. The van der Waals surface area contributed by atoms with Gasteiger partial charge >= 0.3 is 5.63 Å². The molecule has 0 saturated heterocycles. The summed E-state index contributed by atoms with van der Waals surface area (Å²) in [7, 11) is 0. The number of phenols is 1. The van der Waals surface area contributed by atoms with E-state index in [2.05, 4.69) is 10.5 Å². The van der Waals surface area contributed by atoms with Gasteiger partial charge in [0.25, 0.3) is 11.6 Å². The molecule has 3 rings (SSSR count). The number of nitro benzene ring substituents is 1. The van der Waals surface area contributed by atoms with Gasteiger partial charge in [-0.25, -0.2) is 10.2 Å². The third-order valence-electron chi connectivity index (χ3n) is 3.91. The smallest absolute Gasteiger partial charge is 0.336 e. The Balaban J connectivity index is 1.61. The number of hydrogen-bond acceptors (Lipinski definition) is 8. The third kappa shape index (κ3) is 4.75. The van der Waals surface area contributed by atoms with Crippen LogP contribution in [0.4, 0.5) is 5.69 Å². The highest BCUT2D eigenvalue weighted by molar-refractivity contribution is 5.86. The molecule has 3 aromatic rings. The molecule has 29 heavy (non-hydrogen) atoms. The summed E-state index contributed by atoms with van der Waals surface area (Å²) in [6, 6.07) is 9.65. The largest absolute Gasteiger partial charge is 0.507 e. The number of carbonyl (C=O) groups is 1. The van der Waals surface area contributed by atoms with Gasteiger partial charge < -0.3 is 14.3 Å². The Kier molecular flexibility index (Phi) is 5.54. The monoisotopic (exact) mass is 397 g/mol. The number of ether oxygens (including phenoxy) is 1. The molecule has 0 aliphatic rings. The van der Waals surface area contributed by atoms with Gasteiger partial charge in [-0.1, -0.05) is 0 Å². The van der Waals surface area contributed by atoms with Crippen molar-refractivity contribution in [2.45, 2.75) is 6.92 Å². The minimum atomic E-state index is -0.615. The molecule has 0 spiro atoms. The van der Waals surface area contributed by atoms with Crippen molar-refractivity contribution in [3.63, 3.8) is 0 Å². The molecule has 0 bridgehead atoms. The fraction of sp³-hybridized carbons (Fsp3) is 0.105. The van der Waals surface area contributed by atoms with Gasteiger partial charge in [0.2, 0.25) is 0 Å². The van der Waals surface area contributed by atoms with Gasteiger partial charge in [-0.3, -0.25) is 14.9 Å². The lowest BCUT2D eigenvalue weighted by atomic mass is 10.1. The molecule has 0 unspecified atom stereocenters. The van der Waals surface area contributed by atoms with E-state index in [1.807, 2.05) is 0 Å². The standard InChI is InChI=1S/C19H15N3O7/c1-11-6-19(25)29-17-8-14(3-4-15(11)17)28-10-18(24)21-20-9-12-7-13(22(26)27)2-5-16(12)23/h2-9,23H,10H2,1H3,(H,21,24)/b20-9+. The number of non-ortho nitro benzene ring substituents is 1. The van der Waals surface area contributed by atoms with Crippen molar-refractivity contribution >= 4 is 28.8 Å². The number of aromatic hydroxyl groups is 1. The molecule has 10 heteroatoms. The van der Waals surface area contributed by atoms with Gasteiger partial charge in [0.1, 0.15) is 17.1 Å². The highest BCUT2D eigenvalue weighted by Gasteiger charge is 2.09. The highest BCUT2D eigenvalue weighted by atomic mass is 16.6. The predicted octanol–water partition coefficient (Wildman–Crippen LogP) is 2.24. The Morgan fingerprint density at radius 2 is 2.10 bits per heavy atom. The number of phenolic OH excluding ortho intramolecular Hbond substituents is 1. The number of nitrogens with zero attached hydrogens (tertiary/aromatic N) is 2. The third-order valence-corrected chi connectivity index (χ3v) is 3.91. The summed E-state index contributed by atoms with van der Waals surface area (Å²) in [5, 5.41) is 24.8. The Morgan fingerprint density at radius 1 is 1.31 bits per heavy atom. The minimum Gasteiger partial charge on any atom is -0.507 e. The van der Waals surface area contributed by atoms with Crippen molar-refractivity contribution in [3.05, 3.63) is 74.1 Å². The van der Waals surface area contributed by atoms with Crippen LogP contribution in [0.15, 0.2) is 56.8 Å². The molecule has 0 aliphatic heterocycles. The van der Waals surface area contributed by atoms with Gasteiger partial charge in [0, 0.05) is 35.2 Å². The summed E-state index contributed by atoms with van der Waals surface area (Å²) in [6.07, 6.45) is 1.08. The van der Waals surface area contributed by atoms with E-state index in [9.17, 15) is 24.8 Å². The summed E-state index contributed by atoms with van der Waals surface area (Å²) in [5.41, 5.74) is 2.65. The first-order chi connectivity index (χ1) is 13.8. The fourth-order valence-corrected chi connectivity index (χ4v) is 2.51. The van der Waals surface area contributed by atoms with Crippen molar-refractivity contribution in [2.24, 2.45) is 5.10 Å². The van der Waals surface area contributed by atoms with Gasteiger partial charge in [-0.2, -0.15) is 5.10 Å². The summed E-state index contributed by atoms with van der Waals surface area (Å²) in [4.78, 5) is 33.4. The van der Waals surface area contributed by atoms with E-state index in [0.717, 1.165) is 35.4 Å². The zero-order valence-electron chi connectivity index (χ0n) is 15.1. The van der Waals surface area contributed by atoms with Crippen molar-refractivity contribution in [1.82, 2.24) is 5.43 Å². The number of nitro groups is 1. The molecule has 148 valence electrons. The van der Waals surface area contributed by atoms with Crippen molar-refractivity contribution < 1.29 is 24.0 Å². The van der Waals surface area contributed by atoms with Gasteiger partial charge in [-0.05, 0) is 30.7 Å². The zero-order valence-corrected chi connectivity index (χ0v) is 15.1. The van der Waals surface area contributed by atoms with Crippen LogP contribution in [0.2, 0.25) is 0 Å². The summed E-state index contributed by atoms with van der Waals surface area (Å²) >= 11 is 0. The van der Waals surface area contributed by atoms with E-state index in [1.165, 1.54) is 12.1 Å². The number of nitrogens with one attached hydrogen (secondary N) is 1. The van der Waals surface area contributed by atoms with E-state index in [-0.39, 0.29) is 23.6 Å². The molecule has 0 fully saturated rings. The molecule has 2 aromatic carbocycles. The molecule has 1 heterocycles. The lowest BCUT2D eigenvalue weighted by Gasteiger charge is -2.06. The average molecular weight is 397 g/mol. The van der Waals surface area contributed by atoms with E-state index in [1.54, 1.807) is 19.1 Å². The Morgan fingerprint density at radius 3 is 2.86 bits per heavy atom. The summed E-state index contributed by atoms with van der Waals surface area (Å²) in [5.74, 6) is -0.503. The second kappa shape index (κ2) is 8.21. The molecule has 1 amide bonds. The second-order valence-corrected chi connectivity index (χ2v) is 5.99. The van der Waals surface area contributed by atoms with Crippen LogP contribution in [0.3, 0.4) is 0 Å². The number of rotatable bonds is 6. The number of hydrazone groups is 1. The second-order valence-electron chi connectivity index (χ2n) is 5.99.